The lowest BCUT2D eigenvalue weighted by Crippen LogP contribution is -2.34. The molecule has 0 spiro atoms. The summed E-state index contributed by atoms with van der Waals surface area (Å²) in [5, 5.41) is 4.91. The summed E-state index contributed by atoms with van der Waals surface area (Å²) in [6, 6.07) is 8.98. The molecule has 0 saturated heterocycles. The normalized spacial score (nSPS) is 11.8. The summed E-state index contributed by atoms with van der Waals surface area (Å²) in [5.74, 6) is -3.74. The third-order valence-electron chi connectivity index (χ3n) is 3.73. The van der Waals surface area contributed by atoms with E-state index < -0.39 is 23.0 Å². The van der Waals surface area contributed by atoms with Crippen LogP contribution in [-0.2, 0) is 5.54 Å². The molecule has 0 aliphatic rings. The first-order chi connectivity index (χ1) is 11.7. The number of halogens is 4. The minimum absolute atomic E-state index is 0.149. The molecule has 0 bridgehead atoms. The molecule has 3 nitrogen and oxygen atoms in total. The minimum Gasteiger partial charge on any atom is -0.204 e. The third-order valence-corrected chi connectivity index (χ3v) is 4.06. The molecule has 0 aliphatic carbocycles. The summed E-state index contributed by atoms with van der Waals surface area (Å²) in [7, 11) is 0. The predicted octanol–water partition coefficient (Wildman–Crippen LogP) is 4.65. The first kappa shape index (κ1) is 17.5. The molecule has 3 rings (SSSR count). The smallest absolute Gasteiger partial charge is 0.204 e. The second-order valence-corrected chi connectivity index (χ2v) is 7.01. The van der Waals surface area contributed by atoms with Gasteiger partial charge in [0, 0.05) is 5.10 Å². The van der Waals surface area contributed by atoms with Gasteiger partial charge in [-0.3, -0.25) is 0 Å². The van der Waals surface area contributed by atoms with Gasteiger partial charge < -0.3 is 0 Å². The molecular weight excluding hydrogens is 351 g/mol. The molecule has 3 aromatic rings. The second-order valence-electron chi connectivity index (χ2n) is 6.60. The number of hydrogen-bond donors (Lipinski definition) is 0. The van der Waals surface area contributed by atoms with E-state index >= 15 is 0 Å². The molecule has 0 aliphatic heterocycles. The summed E-state index contributed by atoms with van der Waals surface area (Å²) in [6.45, 7) is 5.76. The van der Waals surface area contributed by atoms with Gasteiger partial charge in [-0.2, -0.15) is 8.96 Å². The van der Waals surface area contributed by atoms with Crippen molar-refractivity contribution < 1.29 is 17.7 Å². The van der Waals surface area contributed by atoms with Crippen LogP contribution in [0, 0.1) is 17.5 Å². The average Bonchev–Trinajstić information content (AvgIpc) is 2.98. The Labute approximate surface area is 148 Å². The predicted molar refractivity (Wildman–Crippen MR) is 89.1 cm³/mol. The Morgan fingerprint density at radius 2 is 1.68 bits per heavy atom. The molecule has 0 saturated carbocycles. The lowest BCUT2D eigenvalue weighted by atomic mass is 10.1. The van der Waals surface area contributed by atoms with Gasteiger partial charge in [0.05, 0.1) is 10.6 Å². The fraction of sp³-hybridized carbons (Fsp3) is 0.222. The van der Waals surface area contributed by atoms with Crippen molar-refractivity contribution in [2.24, 2.45) is 0 Å². The summed E-state index contributed by atoms with van der Waals surface area (Å²) >= 11 is 6.25. The molecule has 0 unspecified atom stereocenters. The van der Waals surface area contributed by atoms with E-state index in [0.717, 1.165) is 6.07 Å². The highest BCUT2D eigenvalue weighted by atomic mass is 35.5. The highest BCUT2D eigenvalue weighted by Gasteiger charge is 2.30. The SMILES string of the molecule is CC(C)(C)n1c[n+](-c2ccc(F)c(F)c2F)c(-c2ccccc2Cl)n1. The van der Waals surface area contributed by atoms with Crippen LogP contribution in [0.4, 0.5) is 13.2 Å². The van der Waals surface area contributed by atoms with Crippen molar-refractivity contribution in [2.75, 3.05) is 0 Å². The Morgan fingerprint density at radius 3 is 2.32 bits per heavy atom. The summed E-state index contributed by atoms with van der Waals surface area (Å²) in [4.78, 5) is 0. The highest BCUT2D eigenvalue weighted by molar-refractivity contribution is 6.33. The summed E-state index contributed by atoms with van der Waals surface area (Å²) in [6.07, 6.45) is 1.54. The van der Waals surface area contributed by atoms with Gasteiger partial charge in [0.2, 0.25) is 12.1 Å². The minimum atomic E-state index is -1.53. The van der Waals surface area contributed by atoms with Gasteiger partial charge in [-0.05, 0) is 45.0 Å². The molecule has 0 amide bonds. The first-order valence-corrected chi connectivity index (χ1v) is 7.98. The van der Waals surface area contributed by atoms with Gasteiger partial charge in [-0.15, -0.1) is 4.68 Å². The summed E-state index contributed by atoms with van der Waals surface area (Å²) in [5.41, 5.74) is -0.00309. The van der Waals surface area contributed by atoms with Gasteiger partial charge in [0.25, 0.3) is 0 Å². The molecule has 1 aromatic heterocycles. The zero-order valence-corrected chi connectivity index (χ0v) is 14.7. The van der Waals surface area contributed by atoms with Crippen molar-refractivity contribution in [1.29, 1.82) is 0 Å². The number of hydrogen-bond acceptors (Lipinski definition) is 1. The molecular formula is C18H16ClF3N3+. The molecule has 25 heavy (non-hydrogen) atoms. The molecule has 0 radical (unpaired) electrons. The lowest BCUT2D eigenvalue weighted by molar-refractivity contribution is -0.587. The number of rotatable bonds is 2. The Morgan fingerprint density at radius 1 is 1.00 bits per heavy atom. The van der Waals surface area contributed by atoms with Crippen molar-refractivity contribution >= 4 is 11.6 Å². The monoisotopic (exact) mass is 366 g/mol. The molecule has 2 aromatic carbocycles. The van der Waals surface area contributed by atoms with Crippen LogP contribution in [0.3, 0.4) is 0 Å². The van der Waals surface area contributed by atoms with Crippen LogP contribution >= 0.6 is 11.6 Å². The number of benzene rings is 2. The van der Waals surface area contributed by atoms with Gasteiger partial charge in [0.1, 0.15) is 11.2 Å². The van der Waals surface area contributed by atoms with E-state index in [-0.39, 0.29) is 5.69 Å². The lowest BCUT2D eigenvalue weighted by Gasteiger charge is -2.10. The van der Waals surface area contributed by atoms with E-state index in [0.29, 0.717) is 16.4 Å². The molecule has 130 valence electrons. The van der Waals surface area contributed by atoms with Gasteiger partial charge in [0.15, 0.2) is 11.6 Å². The van der Waals surface area contributed by atoms with Crippen molar-refractivity contribution in [1.82, 2.24) is 9.78 Å². The fourth-order valence-corrected chi connectivity index (χ4v) is 2.59. The topological polar surface area (TPSA) is 21.7 Å². The first-order valence-electron chi connectivity index (χ1n) is 7.60. The molecule has 0 N–H and O–H groups in total. The maximum Gasteiger partial charge on any atom is 0.315 e. The van der Waals surface area contributed by atoms with Gasteiger partial charge in [-0.1, -0.05) is 23.7 Å². The Balaban J connectivity index is 2.31. The van der Waals surface area contributed by atoms with Crippen LogP contribution in [0.2, 0.25) is 5.02 Å². The maximum absolute atomic E-state index is 14.3. The number of aromatic nitrogens is 3. The largest absolute Gasteiger partial charge is 0.315 e. The van der Waals surface area contributed by atoms with E-state index in [4.69, 9.17) is 11.6 Å². The van der Waals surface area contributed by atoms with Crippen LogP contribution in [0.1, 0.15) is 20.8 Å². The Bertz CT molecular complexity index is 945. The zero-order chi connectivity index (χ0) is 18.4. The highest BCUT2D eigenvalue weighted by Crippen LogP contribution is 2.26. The van der Waals surface area contributed by atoms with E-state index in [2.05, 4.69) is 5.10 Å². The summed E-state index contributed by atoms with van der Waals surface area (Å²) < 4.78 is 44.3. The molecule has 0 atom stereocenters. The zero-order valence-electron chi connectivity index (χ0n) is 13.9. The Hall–Kier alpha value is -2.34. The van der Waals surface area contributed by atoms with Crippen molar-refractivity contribution in [3.8, 4) is 17.1 Å². The van der Waals surface area contributed by atoms with E-state index in [1.54, 1.807) is 28.9 Å². The maximum atomic E-state index is 14.3. The van der Waals surface area contributed by atoms with Crippen LogP contribution in [-0.4, -0.2) is 9.78 Å². The van der Waals surface area contributed by atoms with Gasteiger partial charge >= 0.3 is 5.82 Å². The van der Waals surface area contributed by atoms with Crippen molar-refractivity contribution in [3.05, 3.63) is 65.2 Å². The Kier molecular flexibility index (Phi) is 4.33. The molecule has 1 heterocycles. The van der Waals surface area contributed by atoms with E-state index in [1.165, 1.54) is 17.0 Å². The van der Waals surface area contributed by atoms with Crippen LogP contribution in [0.15, 0.2) is 42.7 Å². The van der Waals surface area contributed by atoms with Crippen molar-refractivity contribution in [3.63, 3.8) is 0 Å². The molecule has 0 fully saturated rings. The quantitative estimate of drug-likeness (QED) is 0.478. The van der Waals surface area contributed by atoms with Crippen LogP contribution < -0.4 is 4.57 Å². The van der Waals surface area contributed by atoms with E-state index in [1.807, 2.05) is 20.8 Å². The van der Waals surface area contributed by atoms with Gasteiger partial charge in [-0.25, -0.2) is 8.78 Å². The fourth-order valence-electron chi connectivity index (χ4n) is 2.37. The standard InChI is InChI=1S/C18H16ClF3N3/c1-18(2,3)25-10-24(14-9-8-13(20)15(21)16(14)22)17(23-25)11-6-4-5-7-12(11)19/h4-10H,1-3H3/q+1. The molecule has 7 heteroatoms. The number of nitrogens with zero attached hydrogens (tertiary/aromatic N) is 3. The average molecular weight is 367 g/mol. The second kappa shape index (κ2) is 6.19. The van der Waals surface area contributed by atoms with Crippen LogP contribution in [0.5, 0.6) is 0 Å². The van der Waals surface area contributed by atoms with Crippen LogP contribution in [0.25, 0.3) is 17.1 Å². The van der Waals surface area contributed by atoms with E-state index in [9.17, 15) is 13.2 Å². The third kappa shape index (κ3) is 3.14. The van der Waals surface area contributed by atoms with Crippen molar-refractivity contribution in [2.45, 2.75) is 26.3 Å².